The third-order valence-corrected chi connectivity index (χ3v) is 6.64. The normalized spacial score (nSPS) is 12.0. The van der Waals surface area contributed by atoms with Crippen LogP contribution in [0.1, 0.15) is 41.8 Å². The van der Waals surface area contributed by atoms with Crippen molar-refractivity contribution in [1.82, 2.24) is 19.9 Å². The maximum atomic E-state index is 12.3. The van der Waals surface area contributed by atoms with Gasteiger partial charge < -0.3 is 14.6 Å². The van der Waals surface area contributed by atoms with Crippen LogP contribution in [0.15, 0.2) is 72.1 Å². The van der Waals surface area contributed by atoms with Gasteiger partial charge in [-0.3, -0.25) is 9.78 Å². The fourth-order valence-corrected chi connectivity index (χ4v) is 4.40. The van der Waals surface area contributed by atoms with Gasteiger partial charge in [0.2, 0.25) is 0 Å². The molecule has 170 valence electrons. The average molecular weight is 461 g/mol. The summed E-state index contributed by atoms with van der Waals surface area (Å²) in [7, 11) is 1.67. The van der Waals surface area contributed by atoms with Gasteiger partial charge in [-0.15, -0.1) is 0 Å². The number of nitrogens with zero attached hydrogens (tertiary/aromatic N) is 3. The van der Waals surface area contributed by atoms with Crippen molar-refractivity contribution in [2.75, 3.05) is 7.11 Å². The lowest BCUT2D eigenvalue weighted by atomic mass is 10.1. The zero-order valence-corrected chi connectivity index (χ0v) is 19.9. The third kappa shape index (κ3) is 5.54. The number of ether oxygens (including phenoxy) is 1. The third-order valence-electron chi connectivity index (χ3n) is 5.59. The Kier molecular flexibility index (Phi) is 7.29. The molecule has 0 aliphatic carbocycles. The molecule has 1 atom stereocenters. The second-order valence-electron chi connectivity index (χ2n) is 7.96. The van der Waals surface area contributed by atoms with Gasteiger partial charge in [-0.2, -0.15) is 0 Å². The number of methoxy groups -OCH3 is 1. The molecule has 0 saturated carbocycles. The average Bonchev–Trinajstić information content (AvgIpc) is 3.20. The van der Waals surface area contributed by atoms with Crippen LogP contribution in [0, 0.1) is 0 Å². The van der Waals surface area contributed by atoms with Crippen molar-refractivity contribution >= 4 is 28.7 Å². The van der Waals surface area contributed by atoms with E-state index in [1.54, 1.807) is 25.1 Å². The number of benzene rings is 2. The number of imidazole rings is 1. The lowest BCUT2D eigenvalue weighted by Crippen LogP contribution is -2.31. The number of nitrogens with one attached hydrogen (secondary N) is 1. The van der Waals surface area contributed by atoms with Crippen molar-refractivity contribution in [3.8, 4) is 5.75 Å². The van der Waals surface area contributed by atoms with Crippen LogP contribution in [0.5, 0.6) is 5.75 Å². The van der Waals surface area contributed by atoms with E-state index < -0.39 is 0 Å². The number of carbonyl (C=O) groups excluding carboxylic acids is 1. The molecule has 4 aromatic rings. The second-order valence-corrected chi connectivity index (χ2v) is 8.90. The number of aromatic nitrogens is 3. The highest BCUT2D eigenvalue weighted by Gasteiger charge is 2.13. The van der Waals surface area contributed by atoms with Crippen LogP contribution in [-0.2, 0) is 12.3 Å². The molecule has 4 rings (SSSR count). The Labute approximate surface area is 198 Å². The Hall–Kier alpha value is -3.32. The van der Waals surface area contributed by atoms with E-state index in [9.17, 15) is 4.79 Å². The molecule has 0 radical (unpaired) electrons. The molecule has 2 aromatic heterocycles. The van der Waals surface area contributed by atoms with Crippen molar-refractivity contribution in [2.24, 2.45) is 0 Å². The van der Waals surface area contributed by atoms with Crippen LogP contribution < -0.4 is 10.1 Å². The highest BCUT2D eigenvalue weighted by molar-refractivity contribution is 7.98. The van der Waals surface area contributed by atoms with E-state index in [-0.39, 0.29) is 11.9 Å². The number of carbonyl (C=O) groups is 1. The molecule has 0 fully saturated rings. The highest BCUT2D eigenvalue weighted by atomic mass is 32.2. The molecule has 7 heteroatoms. The lowest BCUT2D eigenvalue weighted by Gasteiger charge is -2.12. The Morgan fingerprint density at radius 1 is 1.09 bits per heavy atom. The molecule has 2 heterocycles. The summed E-state index contributed by atoms with van der Waals surface area (Å²) in [6, 6.07) is 18.0. The molecule has 0 aliphatic rings. The van der Waals surface area contributed by atoms with Crippen LogP contribution in [0.4, 0.5) is 0 Å². The van der Waals surface area contributed by atoms with Crippen LogP contribution >= 0.6 is 11.8 Å². The maximum Gasteiger partial charge on any atom is 0.251 e. The number of thioether (sulfide) groups is 1. The minimum Gasteiger partial charge on any atom is -0.497 e. The minimum absolute atomic E-state index is 0.0302. The summed E-state index contributed by atoms with van der Waals surface area (Å²) in [5, 5.41) is 3.94. The number of amides is 1. The number of pyridine rings is 1. The van der Waals surface area contributed by atoms with Gasteiger partial charge in [-0.1, -0.05) is 43.0 Å². The van der Waals surface area contributed by atoms with Gasteiger partial charge in [0.05, 0.1) is 30.9 Å². The number of fused-ring (bicyclic) bond motifs is 1. The first-order valence-electron chi connectivity index (χ1n) is 11.0. The number of rotatable bonds is 9. The Balaban J connectivity index is 1.50. The largest absolute Gasteiger partial charge is 0.497 e. The van der Waals surface area contributed by atoms with E-state index >= 15 is 0 Å². The number of hydrogen-bond acceptors (Lipinski definition) is 5. The molecule has 6 nitrogen and oxygen atoms in total. The topological polar surface area (TPSA) is 69.0 Å². The first kappa shape index (κ1) is 22.9. The standard InChI is InChI=1S/C26H28N4O2S/c1-4-18(2)28-25(31)21-9-5-20(6-10-21)17-33-26-29-23-13-14-27-15-24(23)30(26)16-19-7-11-22(32-3)12-8-19/h5-15,18H,4,16-17H2,1-3H3,(H,28,31)/t18-/m1/s1. The molecule has 0 unspecified atom stereocenters. The van der Waals surface area contributed by atoms with E-state index in [1.165, 1.54) is 0 Å². The summed E-state index contributed by atoms with van der Waals surface area (Å²) >= 11 is 1.68. The van der Waals surface area contributed by atoms with Crippen molar-refractivity contribution in [1.29, 1.82) is 0 Å². The molecule has 2 aromatic carbocycles. The molecular formula is C26H28N4O2S. The SMILES string of the molecule is CC[C@@H](C)NC(=O)c1ccc(CSc2nc3ccncc3n2Cc2ccc(OC)cc2)cc1. The van der Waals surface area contributed by atoms with Crippen molar-refractivity contribution < 1.29 is 9.53 Å². The maximum absolute atomic E-state index is 12.3. The quantitative estimate of drug-likeness (QED) is 0.343. The fourth-order valence-electron chi connectivity index (χ4n) is 3.43. The fraction of sp³-hybridized carbons (Fsp3) is 0.269. The zero-order valence-electron chi connectivity index (χ0n) is 19.1. The van der Waals surface area contributed by atoms with Crippen molar-refractivity contribution in [2.45, 2.75) is 43.8 Å². The Morgan fingerprint density at radius 2 is 1.82 bits per heavy atom. The smallest absolute Gasteiger partial charge is 0.251 e. The minimum atomic E-state index is -0.0302. The van der Waals surface area contributed by atoms with Gasteiger partial charge >= 0.3 is 0 Å². The first-order valence-corrected chi connectivity index (χ1v) is 12.0. The van der Waals surface area contributed by atoms with Crippen LogP contribution in [-0.4, -0.2) is 33.6 Å². The molecule has 1 N–H and O–H groups in total. The van der Waals surface area contributed by atoms with E-state index in [2.05, 4.69) is 33.9 Å². The molecule has 0 bridgehead atoms. The summed E-state index contributed by atoms with van der Waals surface area (Å²) < 4.78 is 7.47. The molecule has 0 saturated heterocycles. The van der Waals surface area contributed by atoms with E-state index in [0.717, 1.165) is 45.2 Å². The molecule has 1 amide bonds. The van der Waals surface area contributed by atoms with Crippen LogP contribution in [0.2, 0.25) is 0 Å². The van der Waals surface area contributed by atoms with Gasteiger partial charge in [-0.25, -0.2) is 4.98 Å². The highest BCUT2D eigenvalue weighted by Crippen LogP contribution is 2.28. The van der Waals surface area contributed by atoms with E-state index in [0.29, 0.717) is 12.1 Å². The van der Waals surface area contributed by atoms with Crippen LogP contribution in [0.25, 0.3) is 11.0 Å². The van der Waals surface area contributed by atoms with Gasteiger partial charge in [0.1, 0.15) is 5.75 Å². The Morgan fingerprint density at radius 3 is 2.52 bits per heavy atom. The van der Waals surface area contributed by atoms with E-state index in [1.807, 2.05) is 55.6 Å². The van der Waals surface area contributed by atoms with Crippen molar-refractivity contribution in [3.63, 3.8) is 0 Å². The molecule has 0 spiro atoms. The van der Waals surface area contributed by atoms with Gasteiger partial charge in [0.25, 0.3) is 5.91 Å². The first-order chi connectivity index (χ1) is 16.1. The van der Waals surface area contributed by atoms with Gasteiger partial charge in [0, 0.05) is 23.6 Å². The lowest BCUT2D eigenvalue weighted by molar-refractivity contribution is 0.0939. The van der Waals surface area contributed by atoms with Crippen molar-refractivity contribution in [3.05, 3.63) is 83.7 Å². The summed E-state index contributed by atoms with van der Waals surface area (Å²) in [4.78, 5) is 21.5. The monoisotopic (exact) mass is 460 g/mol. The summed E-state index contributed by atoms with van der Waals surface area (Å²) in [5.74, 6) is 1.57. The van der Waals surface area contributed by atoms with Crippen LogP contribution in [0.3, 0.4) is 0 Å². The predicted molar refractivity (Wildman–Crippen MR) is 133 cm³/mol. The molecule has 0 aliphatic heterocycles. The molecule has 33 heavy (non-hydrogen) atoms. The van der Waals surface area contributed by atoms with E-state index in [4.69, 9.17) is 9.72 Å². The summed E-state index contributed by atoms with van der Waals surface area (Å²) in [5.41, 5.74) is 4.92. The second kappa shape index (κ2) is 10.5. The van der Waals surface area contributed by atoms with Gasteiger partial charge in [0.15, 0.2) is 5.16 Å². The Bertz CT molecular complexity index is 1220. The summed E-state index contributed by atoms with van der Waals surface area (Å²) in [6.45, 7) is 4.77. The molecular weight excluding hydrogens is 432 g/mol. The summed E-state index contributed by atoms with van der Waals surface area (Å²) in [6.07, 6.45) is 4.54. The zero-order chi connectivity index (χ0) is 23.2. The predicted octanol–water partition coefficient (Wildman–Crippen LogP) is 5.31. The number of hydrogen-bond donors (Lipinski definition) is 1. The van der Waals surface area contributed by atoms with Gasteiger partial charge in [-0.05, 0) is 54.8 Å².